The summed E-state index contributed by atoms with van der Waals surface area (Å²) in [4.78, 5) is 3.91. The summed E-state index contributed by atoms with van der Waals surface area (Å²) in [6.45, 7) is 0. The van der Waals surface area contributed by atoms with Crippen molar-refractivity contribution in [2.75, 3.05) is 0 Å². The van der Waals surface area contributed by atoms with Crippen molar-refractivity contribution in [2.45, 2.75) is 22.0 Å². The number of rotatable bonds is 4. The molecule has 0 aliphatic heterocycles. The van der Waals surface area contributed by atoms with Gasteiger partial charge in [-0.3, -0.25) is 0 Å². The molecule has 24 heavy (non-hydrogen) atoms. The standard InChI is InChI=1S/C13H17B5BrF3N2/c14-12(15,16)13(17,18)24-6-9(11(20,21)22)23-10(24)8-3-1-7(5-19)2-4-8/h1-4,6H,5,14-18H2. The van der Waals surface area contributed by atoms with Gasteiger partial charge in [0.1, 0.15) is 21.5 Å². The number of hydrogen-bond donors (Lipinski definition) is 0. The Morgan fingerprint density at radius 3 is 1.96 bits per heavy atom. The van der Waals surface area contributed by atoms with Gasteiger partial charge in [0.2, 0.25) is 0 Å². The average molecular weight is 392 g/mol. The first-order valence-electron chi connectivity index (χ1n) is 7.70. The molecule has 0 amide bonds. The first-order chi connectivity index (χ1) is 10.9. The molecule has 0 saturated carbocycles. The largest absolute Gasteiger partial charge is 0.434 e. The molecule has 1 heterocycles. The first kappa shape index (κ1) is 19.4. The molecule has 0 N–H and O–H groups in total. The molecule has 0 aliphatic rings. The van der Waals surface area contributed by atoms with E-state index < -0.39 is 17.2 Å². The van der Waals surface area contributed by atoms with Gasteiger partial charge in [0.15, 0.2) is 5.69 Å². The molecule has 0 spiro atoms. The predicted octanol–water partition coefficient (Wildman–Crippen LogP) is -0.687. The molecular weight excluding hydrogens is 375 g/mol. The SMILES string of the molecule is BC(B)(B)C(B)(B)n1cc(C(F)(F)F)nc1-c1ccc(CBr)cc1. The van der Waals surface area contributed by atoms with Crippen molar-refractivity contribution in [3.05, 3.63) is 41.7 Å². The lowest BCUT2D eigenvalue weighted by Crippen LogP contribution is -2.48. The number of hydrogen-bond acceptors (Lipinski definition) is 1. The second kappa shape index (κ2) is 6.39. The number of imidazole rings is 1. The lowest BCUT2D eigenvalue weighted by Gasteiger charge is -2.42. The van der Waals surface area contributed by atoms with Gasteiger partial charge in [-0.05, 0) is 10.9 Å². The van der Waals surface area contributed by atoms with Crippen LogP contribution in [0.1, 0.15) is 11.3 Å². The fourth-order valence-corrected chi connectivity index (χ4v) is 2.62. The van der Waals surface area contributed by atoms with E-state index in [4.69, 9.17) is 0 Å². The van der Waals surface area contributed by atoms with Crippen LogP contribution in [-0.2, 0) is 16.8 Å². The van der Waals surface area contributed by atoms with E-state index in [1.54, 1.807) is 4.57 Å². The third-order valence-corrected chi connectivity index (χ3v) is 5.45. The minimum Gasteiger partial charge on any atom is -0.342 e. The van der Waals surface area contributed by atoms with Crippen LogP contribution in [0.5, 0.6) is 0 Å². The zero-order chi connectivity index (χ0) is 18.3. The third-order valence-electron chi connectivity index (χ3n) is 4.80. The Bertz CT molecular complexity index is 723. The summed E-state index contributed by atoms with van der Waals surface area (Å²) >= 11 is 3.37. The van der Waals surface area contributed by atoms with Crippen LogP contribution in [-0.4, -0.2) is 48.8 Å². The number of nitrogens with zero attached hydrogens (tertiary/aromatic N) is 2. The first-order valence-corrected chi connectivity index (χ1v) is 8.82. The van der Waals surface area contributed by atoms with Crippen LogP contribution < -0.4 is 0 Å². The van der Waals surface area contributed by atoms with Crippen molar-refractivity contribution >= 4 is 55.2 Å². The van der Waals surface area contributed by atoms with E-state index in [1.165, 1.54) is 0 Å². The van der Waals surface area contributed by atoms with Crippen LogP contribution >= 0.6 is 15.9 Å². The van der Waals surface area contributed by atoms with E-state index in [-0.39, 0.29) is 5.11 Å². The minimum absolute atomic E-state index is 0.249. The van der Waals surface area contributed by atoms with Crippen molar-refractivity contribution in [1.82, 2.24) is 9.55 Å². The van der Waals surface area contributed by atoms with E-state index in [0.29, 0.717) is 16.7 Å². The van der Waals surface area contributed by atoms with E-state index >= 15 is 0 Å². The highest BCUT2D eigenvalue weighted by atomic mass is 79.9. The van der Waals surface area contributed by atoms with Crippen molar-refractivity contribution in [3.63, 3.8) is 0 Å². The number of aromatic nitrogens is 2. The van der Waals surface area contributed by atoms with Crippen molar-refractivity contribution < 1.29 is 13.2 Å². The molecule has 2 nitrogen and oxygen atoms in total. The average Bonchev–Trinajstić information content (AvgIpc) is 2.92. The minimum atomic E-state index is -4.47. The second-order valence-corrected chi connectivity index (χ2v) is 8.02. The molecule has 1 aromatic heterocycles. The summed E-state index contributed by atoms with van der Waals surface area (Å²) in [7, 11) is 9.91. The van der Waals surface area contributed by atoms with Gasteiger partial charge in [0, 0.05) is 17.1 Å². The zero-order valence-corrected chi connectivity index (χ0v) is 16.1. The molecule has 0 atom stereocenters. The highest BCUT2D eigenvalue weighted by Crippen LogP contribution is 2.37. The topological polar surface area (TPSA) is 17.8 Å². The molecule has 122 valence electrons. The number of halogens is 4. The van der Waals surface area contributed by atoms with Crippen molar-refractivity contribution in [3.8, 4) is 11.4 Å². The molecule has 0 bridgehead atoms. The van der Waals surface area contributed by atoms with Crippen molar-refractivity contribution in [2.24, 2.45) is 0 Å². The second-order valence-electron chi connectivity index (χ2n) is 7.46. The Balaban J connectivity index is 2.67. The summed E-state index contributed by atoms with van der Waals surface area (Å²) < 4.78 is 41.3. The summed E-state index contributed by atoms with van der Waals surface area (Å²) in [5.74, 6) is 0.336. The Morgan fingerprint density at radius 2 is 1.54 bits per heavy atom. The predicted molar refractivity (Wildman–Crippen MR) is 109 cm³/mol. The van der Waals surface area contributed by atoms with Gasteiger partial charge in [0.25, 0.3) is 0 Å². The Kier molecular flexibility index (Phi) is 5.15. The van der Waals surface area contributed by atoms with Gasteiger partial charge >= 0.3 is 6.18 Å². The maximum atomic E-state index is 13.2. The van der Waals surface area contributed by atoms with Crippen LogP contribution in [0, 0.1) is 0 Å². The van der Waals surface area contributed by atoms with Crippen LogP contribution in [0.25, 0.3) is 11.4 Å². The van der Waals surface area contributed by atoms with E-state index in [9.17, 15) is 13.2 Å². The summed E-state index contributed by atoms with van der Waals surface area (Å²) in [5, 5.41) is -0.100. The van der Waals surface area contributed by atoms with Crippen LogP contribution in [0.2, 0.25) is 5.11 Å². The van der Waals surface area contributed by atoms with Gasteiger partial charge in [-0.2, -0.15) is 13.2 Å². The highest BCUT2D eigenvalue weighted by molar-refractivity contribution is 9.08. The van der Waals surface area contributed by atoms with Crippen LogP contribution in [0.15, 0.2) is 30.5 Å². The molecule has 0 saturated heterocycles. The molecule has 0 radical (unpaired) electrons. The molecule has 2 rings (SSSR count). The zero-order valence-electron chi connectivity index (χ0n) is 14.5. The Hall–Kier alpha value is -0.975. The van der Waals surface area contributed by atoms with Crippen molar-refractivity contribution in [1.29, 1.82) is 0 Å². The Labute approximate surface area is 153 Å². The smallest absolute Gasteiger partial charge is 0.342 e. The molecular formula is C13H17B5BrF3N2. The van der Waals surface area contributed by atoms with E-state index in [2.05, 4.69) is 20.9 Å². The van der Waals surface area contributed by atoms with Gasteiger partial charge < -0.3 is 4.57 Å². The highest BCUT2D eigenvalue weighted by Gasteiger charge is 2.40. The van der Waals surface area contributed by atoms with Gasteiger partial charge in [-0.15, -0.1) is 5.11 Å². The van der Waals surface area contributed by atoms with E-state index in [1.807, 2.05) is 63.5 Å². The van der Waals surface area contributed by atoms with Gasteiger partial charge in [-0.1, -0.05) is 40.2 Å². The normalized spacial score (nSPS) is 13.2. The summed E-state index contributed by atoms with van der Waals surface area (Å²) in [6, 6.07) is 7.41. The molecule has 1 aromatic carbocycles. The molecule has 0 aliphatic carbocycles. The lowest BCUT2D eigenvalue weighted by atomic mass is 9.26. The van der Waals surface area contributed by atoms with Gasteiger partial charge in [0.05, 0.1) is 23.5 Å². The third kappa shape index (κ3) is 3.66. The fraction of sp³-hybridized carbons (Fsp3) is 0.308. The van der Waals surface area contributed by atoms with E-state index in [0.717, 1.165) is 11.8 Å². The fourth-order valence-electron chi connectivity index (χ4n) is 2.25. The van der Waals surface area contributed by atoms with Crippen LogP contribution in [0.3, 0.4) is 0 Å². The number of alkyl halides is 4. The van der Waals surface area contributed by atoms with Crippen LogP contribution in [0.4, 0.5) is 13.2 Å². The maximum Gasteiger partial charge on any atom is 0.434 e. The lowest BCUT2D eigenvalue weighted by molar-refractivity contribution is -0.140. The Morgan fingerprint density at radius 1 is 1.00 bits per heavy atom. The molecule has 0 unspecified atom stereocenters. The number of benzene rings is 1. The molecule has 2 aromatic rings. The maximum absolute atomic E-state index is 13.2. The quantitative estimate of drug-likeness (QED) is 0.498. The van der Waals surface area contributed by atoms with Gasteiger partial charge in [-0.25, -0.2) is 4.98 Å². The molecule has 11 heteroatoms. The summed E-state index contributed by atoms with van der Waals surface area (Å²) in [5.41, 5.74) is 0.870. The monoisotopic (exact) mass is 392 g/mol. The summed E-state index contributed by atoms with van der Waals surface area (Å²) in [6.07, 6.45) is -3.34. The molecule has 0 fully saturated rings.